The van der Waals surface area contributed by atoms with Crippen molar-refractivity contribution >= 4 is 5.97 Å². The van der Waals surface area contributed by atoms with E-state index >= 15 is 0 Å². The van der Waals surface area contributed by atoms with Gasteiger partial charge in [0.05, 0.1) is 0 Å². The third-order valence-corrected chi connectivity index (χ3v) is 2.05. The Balaban J connectivity index is 2.19. The van der Waals surface area contributed by atoms with Gasteiger partial charge in [0.1, 0.15) is 0 Å². The fraction of sp³-hybridized carbons (Fsp3) is 0.857. The number of carboxylic acid groups (broad SMARTS) is 1. The molecular weight excluding hydrogens is 130 g/mol. The first-order valence-electron chi connectivity index (χ1n) is 3.65. The first-order chi connectivity index (χ1) is 4.70. The molecule has 0 amide bonds. The van der Waals surface area contributed by atoms with Gasteiger partial charge in [-0.3, -0.25) is 4.79 Å². The molecule has 2 unspecified atom stereocenters. The van der Waals surface area contributed by atoms with E-state index in [0.29, 0.717) is 6.04 Å². The maximum atomic E-state index is 10.2. The predicted octanol–water partition coefficient (Wildman–Crippen LogP) is 0.459. The highest BCUT2D eigenvalue weighted by molar-refractivity contribution is 5.67. The molecular formula is C7H13NO2. The van der Waals surface area contributed by atoms with E-state index in [-0.39, 0.29) is 12.3 Å². The fourth-order valence-electron chi connectivity index (χ4n) is 1.21. The minimum Gasteiger partial charge on any atom is -0.481 e. The molecule has 1 fully saturated rings. The molecule has 1 aliphatic heterocycles. The van der Waals surface area contributed by atoms with Crippen LogP contribution in [0.25, 0.3) is 0 Å². The molecule has 1 saturated heterocycles. The summed E-state index contributed by atoms with van der Waals surface area (Å²) in [4.78, 5) is 10.2. The molecule has 2 atom stereocenters. The Kier molecular flexibility index (Phi) is 2.27. The summed E-state index contributed by atoms with van der Waals surface area (Å²) in [5, 5.41) is 11.6. The normalized spacial score (nSPS) is 27.1. The number of rotatable bonds is 3. The Labute approximate surface area is 60.4 Å². The quantitative estimate of drug-likeness (QED) is 0.603. The Morgan fingerprint density at radius 1 is 1.90 bits per heavy atom. The summed E-state index contributed by atoms with van der Waals surface area (Å²) in [6.45, 7) is 3.03. The zero-order valence-electron chi connectivity index (χ0n) is 6.13. The molecule has 0 radical (unpaired) electrons. The SMILES string of the molecule is CC(CC(=O)O)C1CCN1. The van der Waals surface area contributed by atoms with Gasteiger partial charge in [0.15, 0.2) is 0 Å². The summed E-state index contributed by atoms with van der Waals surface area (Å²) in [5.74, 6) is -0.410. The number of nitrogens with one attached hydrogen (secondary N) is 1. The lowest BCUT2D eigenvalue weighted by Gasteiger charge is -2.32. The van der Waals surface area contributed by atoms with E-state index in [1.54, 1.807) is 0 Å². The third kappa shape index (κ3) is 1.70. The van der Waals surface area contributed by atoms with Gasteiger partial charge in [-0.15, -0.1) is 0 Å². The molecule has 3 heteroatoms. The smallest absolute Gasteiger partial charge is 0.303 e. The van der Waals surface area contributed by atoms with Gasteiger partial charge >= 0.3 is 5.97 Å². The third-order valence-electron chi connectivity index (χ3n) is 2.05. The van der Waals surface area contributed by atoms with Gasteiger partial charge in [-0.25, -0.2) is 0 Å². The van der Waals surface area contributed by atoms with Gasteiger partial charge in [0, 0.05) is 12.5 Å². The van der Waals surface area contributed by atoms with E-state index in [4.69, 9.17) is 5.11 Å². The average Bonchev–Trinajstić information content (AvgIpc) is 1.55. The van der Waals surface area contributed by atoms with Crippen LogP contribution in [-0.4, -0.2) is 23.7 Å². The van der Waals surface area contributed by atoms with Crippen molar-refractivity contribution in [2.75, 3.05) is 6.54 Å². The van der Waals surface area contributed by atoms with E-state index in [2.05, 4.69) is 5.32 Å². The Bertz CT molecular complexity index is 132. The highest BCUT2D eigenvalue weighted by atomic mass is 16.4. The van der Waals surface area contributed by atoms with Crippen molar-refractivity contribution in [3.63, 3.8) is 0 Å². The van der Waals surface area contributed by atoms with Crippen LogP contribution in [0.15, 0.2) is 0 Å². The summed E-state index contributed by atoms with van der Waals surface area (Å²) in [7, 11) is 0. The lowest BCUT2D eigenvalue weighted by Crippen LogP contribution is -2.47. The second-order valence-electron chi connectivity index (χ2n) is 2.92. The summed E-state index contributed by atoms with van der Waals surface area (Å²) in [5.41, 5.74) is 0. The number of carbonyl (C=O) groups is 1. The Hall–Kier alpha value is -0.570. The van der Waals surface area contributed by atoms with Crippen molar-refractivity contribution in [2.24, 2.45) is 5.92 Å². The van der Waals surface area contributed by atoms with E-state index in [1.165, 1.54) is 0 Å². The van der Waals surface area contributed by atoms with Crippen LogP contribution < -0.4 is 5.32 Å². The van der Waals surface area contributed by atoms with Crippen molar-refractivity contribution in [3.8, 4) is 0 Å². The number of hydrogen-bond acceptors (Lipinski definition) is 2. The van der Waals surface area contributed by atoms with Crippen molar-refractivity contribution in [3.05, 3.63) is 0 Å². The molecule has 0 aromatic carbocycles. The number of aliphatic carboxylic acids is 1. The maximum absolute atomic E-state index is 10.2. The molecule has 0 aromatic rings. The Morgan fingerprint density at radius 3 is 2.80 bits per heavy atom. The molecule has 58 valence electrons. The monoisotopic (exact) mass is 143 g/mol. The molecule has 0 bridgehead atoms. The highest BCUT2D eigenvalue weighted by Crippen LogP contribution is 2.16. The predicted molar refractivity (Wildman–Crippen MR) is 37.8 cm³/mol. The molecule has 1 aliphatic rings. The largest absolute Gasteiger partial charge is 0.481 e. The van der Waals surface area contributed by atoms with Crippen LogP contribution in [0, 0.1) is 5.92 Å². The van der Waals surface area contributed by atoms with E-state index in [9.17, 15) is 4.79 Å². The standard InChI is InChI=1S/C7H13NO2/c1-5(4-7(9)10)6-2-3-8-6/h5-6,8H,2-4H2,1H3,(H,9,10). The molecule has 1 rings (SSSR count). The lowest BCUT2D eigenvalue weighted by molar-refractivity contribution is -0.138. The van der Waals surface area contributed by atoms with Gasteiger partial charge in [0.25, 0.3) is 0 Å². The van der Waals surface area contributed by atoms with E-state index in [0.717, 1.165) is 13.0 Å². The fourth-order valence-corrected chi connectivity index (χ4v) is 1.21. The Morgan fingerprint density at radius 2 is 2.50 bits per heavy atom. The molecule has 10 heavy (non-hydrogen) atoms. The second-order valence-corrected chi connectivity index (χ2v) is 2.92. The van der Waals surface area contributed by atoms with Gasteiger partial charge in [-0.2, -0.15) is 0 Å². The molecule has 0 spiro atoms. The topological polar surface area (TPSA) is 49.3 Å². The highest BCUT2D eigenvalue weighted by Gasteiger charge is 2.24. The van der Waals surface area contributed by atoms with Gasteiger partial charge < -0.3 is 10.4 Å². The zero-order valence-corrected chi connectivity index (χ0v) is 6.13. The first-order valence-corrected chi connectivity index (χ1v) is 3.65. The van der Waals surface area contributed by atoms with Gasteiger partial charge in [-0.1, -0.05) is 6.92 Å². The summed E-state index contributed by atoms with van der Waals surface area (Å²) >= 11 is 0. The molecule has 0 aliphatic carbocycles. The molecule has 0 saturated carbocycles. The average molecular weight is 143 g/mol. The molecule has 1 heterocycles. The molecule has 2 N–H and O–H groups in total. The summed E-state index contributed by atoms with van der Waals surface area (Å²) in [6.07, 6.45) is 1.42. The van der Waals surface area contributed by atoms with Crippen LogP contribution in [0.4, 0.5) is 0 Å². The number of hydrogen-bond donors (Lipinski definition) is 2. The maximum Gasteiger partial charge on any atom is 0.303 e. The molecule has 0 aromatic heterocycles. The second kappa shape index (κ2) is 3.01. The van der Waals surface area contributed by atoms with Crippen LogP contribution in [0.2, 0.25) is 0 Å². The van der Waals surface area contributed by atoms with Crippen molar-refractivity contribution in [2.45, 2.75) is 25.8 Å². The van der Waals surface area contributed by atoms with E-state index < -0.39 is 5.97 Å². The summed E-state index contributed by atoms with van der Waals surface area (Å²) < 4.78 is 0. The van der Waals surface area contributed by atoms with Crippen molar-refractivity contribution in [1.29, 1.82) is 0 Å². The van der Waals surface area contributed by atoms with Crippen LogP contribution in [0.1, 0.15) is 19.8 Å². The minimum absolute atomic E-state index is 0.284. The molecule has 3 nitrogen and oxygen atoms in total. The zero-order chi connectivity index (χ0) is 7.56. The van der Waals surface area contributed by atoms with Crippen molar-refractivity contribution < 1.29 is 9.90 Å². The van der Waals surface area contributed by atoms with Crippen LogP contribution in [0.5, 0.6) is 0 Å². The van der Waals surface area contributed by atoms with Crippen LogP contribution >= 0.6 is 0 Å². The van der Waals surface area contributed by atoms with Gasteiger partial charge in [0.2, 0.25) is 0 Å². The number of carboxylic acids is 1. The van der Waals surface area contributed by atoms with Crippen LogP contribution in [-0.2, 0) is 4.79 Å². The first kappa shape index (κ1) is 7.54. The van der Waals surface area contributed by atoms with E-state index in [1.807, 2.05) is 6.92 Å². The van der Waals surface area contributed by atoms with Crippen LogP contribution in [0.3, 0.4) is 0 Å². The lowest BCUT2D eigenvalue weighted by atomic mass is 9.91. The van der Waals surface area contributed by atoms with Crippen molar-refractivity contribution in [1.82, 2.24) is 5.32 Å². The van der Waals surface area contributed by atoms with Gasteiger partial charge in [-0.05, 0) is 18.9 Å². The summed E-state index contributed by atoms with van der Waals surface area (Å²) in [6, 6.07) is 0.455. The minimum atomic E-state index is -0.693.